The van der Waals surface area contributed by atoms with Crippen LogP contribution >= 0.6 is 11.6 Å². The van der Waals surface area contributed by atoms with E-state index < -0.39 is 27.9 Å². The second kappa shape index (κ2) is 7.08. The molecular weight excluding hydrogens is 332 g/mol. The number of rotatable bonds is 5. The summed E-state index contributed by atoms with van der Waals surface area (Å²) in [7, 11) is 0.257. The molecular formula is C13H17ClN2O5S. The van der Waals surface area contributed by atoms with Gasteiger partial charge in [0.15, 0.2) is 0 Å². The van der Waals surface area contributed by atoms with Crippen LogP contribution in [-0.4, -0.2) is 51.8 Å². The highest BCUT2D eigenvalue weighted by atomic mass is 35.5. The van der Waals surface area contributed by atoms with Gasteiger partial charge in [-0.05, 0) is 25.1 Å². The van der Waals surface area contributed by atoms with Crippen LogP contribution < -0.4 is 5.32 Å². The minimum atomic E-state index is -3.70. The summed E-state index contributed by atoms with van der Waals surface area (Å²) in [4.78, 5) is 23.4. The van der Waals surface area contributed by atoms with Gasteiger partial charge in [0.05, 0.1) is 22.6 Å². The van der Waals surface area contributed by atoms with Gasteiger partial charge in [-0.1, -0.05) is 11.6 Å². The highest BCUT2D eigenvalue weighted by molar-refractivity contribution is 7.89. The lowest BCUT2D eigenvalue weighted by Crippen LogP contribution is -2.39. The molecule has 1 aromatic carbocycles. The summed E-state index contributed by atoms with van der Waals surface area (Å²) in [5.41, 5.74) is -0.0413. The lowest BCUT2D eigenvalue weighted by atomic mass is 10.2. The molecule has 1 aromatic rings. The highest BCUT2D eigenvalue weighted by Crippen LogP contribution is 2.22. The number of amides is 1. The van der Waals surface area contributed by atoms with Crippen LogP contribution in [0.4, 0.5) is 0 Å². The zero-order valence-corrected chi connectivity index (χ0v) is 14.2. The molecule has 0 aliphatic rings. The average Bonchev–Trinajstić information content (AvgIpc) is 2.46. The van der Waals surface area contributed by atoms with E-state index in [1.165, 1.54) is 40.3 Å². The maximum absolute atomic E-state index is 12.1. The van der Waals surface area contributed by atoms with Gasteiger partial charge in [0, 0.05) is 14.1 Å². The SMILES string of the molecule is COC(=O)C(C)NC(=O)c1cc(S(=O)(=O)N(C)C)ccc1Cl. The Kier molecular flexibility index (Phi) is 5.92. The number of methoxy groups -OCH3 is 1. The molecule has 1 unspecified atom stereocenters. The number of hydrogen-bond donors (Lipinski definition) is 1. The smallest absolute Gasteiger partial charge is 0.328 e. The topological polar surface area (TPSA) is 92.8 Å². The maximum atomic E-state index is 12.1. The van der Waals surface area contributed by atoms with Crippen molar-refractivity contribution in [3.8, 4) is 0 Å². The van der Waals surface area contributed by atoms with E-state index in [-0.39, 0.29) is 15.5 Å². The number of sulfonamides is 1. The molecule has 1 amide bonds. The number of carbonyl (C=O) groups is 2. The predicted molar refractivity (Wildman–Crippen MR) is 81.3 cm³/mol. The maximum Gasteiger partial charge on any atom is 0.328 e. The first-order valence-electron chi connectivity index (χ1n) is 6.22. The molecule has 0 aliphatic heterocycles. The third kappa shape index (κ3) is 3.96. The van der Waals surface area contributed by atoms with Crippen molar-refractivity contribution in [2.75, 3.05) is 21.2 Å². The molecule has 22 heavy (non-hydrogen) atoms. The van der Waals surface area contributed by atoms with E-state index >= 15 is 0 Å². The quantitative estimate of drug-likeness (QED) is 0.797. The third-order valence-electron chi connectivity index (χ3n) is 2.86. The molecule has 0 aromatic heterocycles. The normalized spacial score (nSPS) is 12.8. The van der Waals surface area contributed by atoms with Gasteiger partial charge < -0.3 is 10.1 Å². The van der Waals surface area contributed by atoms with Gasteiger partial charge in [0.1, 0.15) is 6.04 Å². The summed E-state index contributed by atoms with van der Waals surface area (Å²) in [6.07, 6.45) is 0. The lowest BCUT2D eigenvalue weighted by molar-refractivity contribution is -0.142. The van der Waals surface area contributed by atoms with Crippen molar-refractivity contribution in [3.05, 3.63) is 28.8 Å². The molecule has 0 heterocycles. The van der Waals surface area contributed by atoms with Crippen LogP contribution in [0.5, 0.6) is 0 Å². The van der Waals surface area contributed by atoms with Gasteiger partial charge in [0.25, 0.3) is 5.91 Å². The fraction of sp³-hybridized carbons (Fsp3) is 0.385. The lowest BCUT2D eigenvalue weighted by Gasteiger charge is -2.15. The Morgan fingerprint density at radius 2 is 1.91 bits per heavy atom. The van der Waals surface area contributed by atoms with E-state index in [2.05, 4.69) is 10.1 Å². The van der Waals surface area contributed by atoms with Gasteiger partial charge in [0.2, 0.25) is 10.0 Å². The van der Waals surface area contributed by atoms with Crippen molar-refractivity contribution in [1.29, 1.82) is 0 Å². The Morgan fingerprint density at radius 1 is 1.32 bits per heavy atom. The predicted octanol–water partition coefficient (Wildman–Crippen LogP) is 0.882. The average molecular weight is 349 g/mol. The first-order chi connectivity index (χ1) is 10.1. The molecule has 1 N–H and O–H groups in total. The molecule has 0 spiro atoms. The fourth-order valence-electron chi connectivity index (χ4n) is 1.56. The Balaban J connectivity index is 3.15. The van der Waals surface area contributed by atoms with Gasteiger partial charge in [-0.2, -0.15) is 0 Å². The number of esters is 1. The van der Waals surface area contributed by atoms with Crippen LogP contribution in [0.15, 0.2) is 23.1 Å². The third-order valence-corrected chi connectivity index (χ3v) is 5.00. The molecule has 0 fully saturated rings. The Hall–Kier alpha value is -1.64. The van der Waals surface area contributed by atoms with Crippen molar-refractivity contribution in [3.63, 3.8) is 0 Å². The van der Waals surface area contributed by atoms with Gasteiger partial charge in [-0.3, -0.25) is 4.79 Å². The number of nitrogens with zero attached hydrogens (tertiary/aromatic N) is 1. The number of carbonyl (C=O) groups excluding carboxylic acids is 2. The minimum Gasteiger partial charge on any atom is -0.467 e. The molecule has 1 atom stereocenters. The van der Waals surface area contributed by atoms with Gasteiger partial charge in [-0.25, -0.2) is 17.5 Å². The second-order valence-electron chi connectivity index (χ2n) is 4.65. The van der Waals surface area contributed by atoms with Crippen LogP contribution in [0.1, 0.15) is 17.3 Å². The first kappa shape index (κ1) is 18.4. The highest BCUT2D eigenvalue weighted by Gasteiger charge is 2.23. The Morgan fingerprint density at radius 3 is 2.41 bits per heavy atom. The monoisotopic (exact) mass is 348 g/mol. The summed E-state index contributed by atoms with van der Waals surface area (Å²) < 4.78 is 29.7. The largest absolute Gasteiger partial charge is 0.467 e. The molecule has 0 bridgehead atoms. The molecule has 9 heteroatoms. The van der Waals surface area contributed by atoms with Crippen molar-refractivity contribution < 1.29 is 22.7 Å². The van der Waals surface area contributed by atoms with Crippen molar-refractivity contribution >= 4 is 33.5 Å². The van der Waals surface area contributed by atoms with Crippen LogP contribution in [0.3, 0.4) is 0 Å². The van der Waals surface area contributed by atoms with Crippen molar-refractivity contribution in [1.82, 2.24) is 9.62 Å². The number of hydrogen-bond acceptors (Lipinski definition) is 5. The first-order valence-corrected chi connectivity index (χ1v) is 8.03. The zero-order valence-electron chi connectivity index (χ0n) is 12.6. The standard InChI is InChI=1S/C13H17ClN2O5S/c1-8(13(18)21-4)15-12(17)10-7-9(5-6-11(10)14)22(19,20)16(2)3/h5-8H,1-4H3,(H,15,17). The van der Waals surface area contributed by atoms with Crippen LogP contribution in [-0.2, 0) is 19.6 Å². The van der Waals surface area contributed by atoms with Gasteiger partial charge in [-0.15, -0.1) is 0 Å². The van der Waals surface area contributed by atoms with Crippen LogP contribution in [0.2, 0.25) is 5.02 Å². The Bertz CT molecular complexity index is 688. The summed E-state index contributed by atoms with van der Waals surface area (Å²) in [5, 5.41) is 2.47. The molecule has 7 nitrogen and oxygen atoms in total. The van der Waals surface area contributed by atoms with Crippen molar-refractivity contribution in [2.45, 2.75) is 17.9 Å². The number of ether oxygens (including phenoxy) is 1. The van der Waals surface area contributed by atoms with Crippen molar-refractivity contribution in [2.24, 2.45) is 0 Å². The molecule has 0 radical (unpaired) electrons. The zero-order chi connectivity index (χ0) is 17.1. The van der Waals surface area contributed by atoms with Crippen LogP contribution in [0, 0.1) is 0 Å². The minimum absolute atomic E-state index is 0.0413. The summed E-state index contributed by atoms with van der Waals surface area (Å²) in [6, 6.07) is 2.90. The summed E-state index contributed by atoms with van der Waals surface area (Å²) in [6.45, 7) is 1.44. The summed E-state index contributed by atoms with van der Waals surface area (Å²) in [5.74, 6) is -1.29. The number of benzene rings is 1. The van der Waals surface area contributed by atoms with E-state index in [0.29, 0.717) is 0 Å². The Labute approximate surface area is 134 Å². The van der Waals surface area contributed by atoms with E-state index in [1.807, 2.05) is 0 Å². The summed E-state index contributed by atoms with van der Waals surface area (Å²) >= 11 is 5.93. The molecule has 1 rings (SSSR count). The fourth-order valence-corrected chi connectivity index (χ4v) is 2.69. The second-order valence-corrected chi connectivity index (χ2v) is 7.21. The van der Waals surface area contributed by atoms with Crippen LogP contribution in [0.25, 0.3) is 0 Å². The van der Waals surface area contributed by atoms with E-state index in [1.54, 1.807) is 0 Å². The van der Waals surface area contributed by atoms with Gasteiger partial charge >= 0.3 is 5.97 Å². The van der Waals surface area contributed by atoms with E-state index in [9.17, 15) is 18.0 Å². The van der Waals surface area contributed by atoms with E-state index in [4.69, 9.17) is 11.6 Å². The van der Waals surface area contributed by atoms with E-state index in [0.717, 1.165) is 10.4 Å². The number of nitrogens with one attached hydrogen (secondary N) is 1. The molecule has 0 aliphatic carbocycles. The molecule has 122 valence electrons. The molecule has 0 saturated heterocycles. The number of halogens is 1. The molecule has 0 saturated carbocycles.